The molecule has 1 aliphatic carbocycles. The summed E-state index contributed by atoms with van der Waals surface area (Å²) in [6.45, 7) is 5.35. The zero-order valence-corrected chi connectivity index (χ0v) is 14.5. The molecule has 130 valence electrons. The molecule has 0 aromatic heterocycles. The Labute approximate surface area is 143 Å². The van der Waals surface area contributed by atoms with Gasteiger partial charge in [0.25, 0.3) is 0 Å². The van der Waals surface area contributed by atoms with Crippen LogP contribution < -0.4 is 4.74 Å². The molecule has 1 aromatic rings. The van der Waals surface area contributed by atoms with E-state index in [1.165, 1.54) is 5.56 Å². The molecule has 0 aliphatic heterocycles. The number of hydrogen-bond acceptors (Lipinski definition) is 4. The summed E-state index contributed by atoms with van der Waals surface area (Å²) >= 11 is 0. The molecule has 0 spiro atoms. The number of aliphatic hydroxyl groups excluding tert-OH is 1. The Kier molecular flexibility index (Phi) is 6.62. The maximum absolute atomic E-state index is 12.1. The Morgan fingerprint density at radius 1 is 1.38 bits per heavy atom. The quantitative estimate of drug-likeness (QED) is 0.585. The van der Waals surface area contributed by atoms with Crippen molar-refractivity contribution in [3.63, 3.8) is 0 Å². The molecule has 2 unspecified atom stereocenters. The van der Waals surface area contributed by atoms with Gasteiger partial charge < -0.3 is 14.6 Å². The third kappa shape index (κ3) is 4.48. The smallest absolute Gasteiger partial charge is 0.185 e. The van der Waals surface area contributed by atoms with Crippen molar-refractivity contribution in [2.75, 3.05) is 13.9 Å². The van der Waals surface area contributed by atoms with E-state index < -0.39 is 6.79 Å². The second kappa shape index (κ2) is 8.69. The van der Waals surface area contributed by atoms with Gasteiger partial charge in [-0.3, -0.25) is 4.79 Å². The molecule has 1 aliphatic rings. The molecule has 0 heterocycles. The van der Waals surface area contributed by atoms with Crippen LogP contribution in [-0.4, -0.2) is 24.8 Å². The van der Waals surface area contributed by atoms with Crippen LogP contribution in [0.25, 0.3) is 0 Å². The lowest BCUT2D eigenvalue weighted by molar-refractivity contribution is -0.120. The van der Waals surface area contributed by atoms with E-state index in [4.69, 9.17) is 14.6 Å². The van der Waals surface area contributed by atoms with Gasteiger partial charge in [0.05, 0.1) is 7.11 Å². The van der Waals surface area contributed by atoms with Crippen LogP contribution in [-0.2, 0) is 16.0 Å². The lowest BCUT2D eigenvalue weighted by Gasteiger charge is -2.28. The fourth-order valence-corrected chi connectivity index (χ4v) is 3.22. The second-order valence-corrected chi connectivity index (χ2v) is 6.22. The molecule has 2 atom stereocenters. The molecule has 1 N–H and O–H groups in total. The largest absolute Gasteiger partial charge is 0.496 e. The van der Waals surface area contributed by atoms with E-state index in [0.29, 0.717) is 12.2 Å². The first-order valence-electron chi connectivity index (χ1n) is 8.32. The van der Waals surface area contributed by atoms with Crippen LogP contribution in [0, 0.1) is 18.8 Å². The number of carbonyl (C=O) groups excluding carboxylic acids is 1. The first-order chi connectivity index (χ1) is 11.6. The minimum atomic E-state index is -0.403. The average molecular weight is 330 g/mol. The minimum absolute atomic E-state index is 0.0360. The number of allylic oxidation sites excluding steroid dienone is 3. The van der Waals surface area contributed by atoms with Crippen LogP contribution >= 0.6 is 0 Å². The van der Waals surface area contributed by atoms with Crippen molar-refractivity contribution in [2.24, 2.45) is 11.8 Å². The number of aryl methyl sites for hydroxylation is 2. The predicted molar refractivity (Wildman–Crippen MR) is 93.7 cm³/mol. The van der Waals surface area contributed by atoms with Crippen LogP contribution in [0.5, 0.6) is 5.75 Å². The SMILES string of the molecule is C=CCC1CC(CCc2ccc(C)c(OC)c2)C(OCO)=CC1=O. The topological polar surface area (TPSA) is 55.8 Å². The first kappa shape index (κ1) is 18.3. The van der Waals surface area contributed by atoms with Crippen LogP contribution in [0.2, 0.25) is 0 Å². The van der Waals surface area contributed by atoms with Crippen LogP contribution in [0.3, 0.4) is 0 Å². The Morgan fingerprint density at radius 3 is 2.83 bits per heavy atom. The number of ether oxygens (including phenoxy) is 2. The zero-order chi connectivity index (χ0) is 17.5. The van der Waals surface area contributed by atoms with Gasteiger partial charge in [-0.1, -0.05) is 18.2 Å². The second-order valence-electron chi connectivity index (χ2n) is 6.22. The van der Waals surface area contributed by atoms with E-state index in [0.717, 1.165) is 30.6 Å². The summed E-state index contributed by atoms with van der Waals surface area (Å²) in [7, 11) is 1.68. The van der Waals surface area contributed by atoms with Crippen LogP contribution in [0.1, 0.15) is 30.4 Å². The number of carbonyl (C=O) groups is 1. The molecule has 1 aromatic carbocycles. The van der Waals surface area contributed by atoms with Gasteiger partial charge in [-0.05, 0) is 49.8 Å². The molecular formula is C20H26O4. The monoisotopic (exact) mass is 330 g/mol. The zero-order valence-electron chi connectivity index (χ0n) is 14.5. The van der Waals surface area contributed by atoms with Gasteiger partial charge in [0.15, 0.2) is 12.6 Å². The van der Waals surface area contributed by atoms with E-state index in [-0.39, 0.29) is 17.6 Å². The fourth-order valence-electron chi connectivity index (χ4n) is 3.22. The van der Waals surface area contributed by atoms with Crippen molar-refractivity contribution in [3.8, 4) is 5.75 Å². The molecule has 0 saturated heterocycles. The Balaban J connectivity index is 2.09. The number of benzene rings is 1. The van der Waals surface area contributed by atoms with Gasteiger partial charge in [0, 0.05) is 17.9 Å². The standard InChI is InChI=1S/C20H26O4/c1-4-5-16-11-17(20(24-13-21)12-18(16)22)9-8-15-7-6-14(2)19(10-15)23-3/h4,6-7,10,12,16-17,21H,1,5,8-9,11,13H2,2-3H3. The predicted octanol–water partition coefficient (Wildman–Crippen LogP) is 3.57. The summed E-state index contributed by atoms with van der Waals surface area (Å²) < 4.78 is 10.7. The van der Waals surface area contributed by atoms with Crippen molar-refractivity contribution in [2.45, 2.75) is 32.6 Å². The number of ketones is 1. The number of aliphatic hydroxyl groups is 1. The van der Waals surface area contributed by atoms with Crippen molar-refractivity contribution in [1.82, 2.24) is 0 Å². The Morgan fingerprint density at radius 2 is 2.17 bits per heavy atom. The van der Waals surface area contributed by atoms with Gasteiger partial charge in [0.2, 0.25) is 0 Å². The van der Waals surface area contributed by atoms with Crippen LogP contribution in [0.4, 0.5) is 0 Å². The van der Waals surface area contributed by atoms with Gasteiger partial charge in [-0.2, -0.15) is 0 Å². The molecule has 0 bridgehead atoms. The molecule has 0 fully saturated rings. The van der Waals surface area contributed by atoms with E-state index in [1.807, 2.05) is 6.92 Å². The van der Waals surface area contributed by atoms with Crippen molar-refractivity contribution in [1.29, 1.82) is 0 Å². The highest BCUT2D eigenvalue weighted by Gasteiger charge is 2.30. The van der Waals surface area contributed by atoms with Crippen molar-refractivity contribution >= 4 is 5.78 Å². The lowest BCUT2D eigenvalue weighted by Crippen LogP contribution is -2.25. The molecule has 4 heteroatoms. The summed E-state index contributed by atoms with van der Waals surface area (Å²) in [5, 5.41) is 9.07. The van der Waals surface area contributed by atoms with E-state index in [1.54, 1.807) is 19.3 Å². The van der Waals surface area contributed by atoms with Crippen LogP contribution in [0.15, 0.2) is 42.7 Å². The lowest BCUT2D eigenvalue weighted by atomic mass is 9.80. The molecular weight excluding hydrogens is 304 g/mol. The summed E-state index contributed by atoms with van der Waals surface area (Å²) in [4.78, 5) is 12.1. The summed E-state index contributed by atoms with van der Waals surface area (Å²) in [6, 6.07) is 6.21. The summed E-state index contributed by atoms with van der Waals surface area (Å²) in [5.41, 5.74) is 2.30. The molecule has 0 amide bonds. The number of hydrogen-bond donors (Lipinski definition) is 1. The highest BCUT2D eigenvalue weighted by molar-refractivity contribution is 5.93. The Hall–Kier alpha value is -2.07. The minimum Gasteiger partial charge on any atom is -0.496 e. The number of rotatable bonds is 8. The highest BCUT2D eigenvalue weighted by Crippen LogP contribution is 2.33. The molecule has 2 rings (SSSR count). The normalized spacial score (nSPS) is 20.5. The van der Waals surface area contributed by atoms with Crippen molar-refractivity contribution < 1.29 is 19.4 Å². The molecule has 24 heavy (non-hydrogen) atoms. The van der Waals surface area contributed by atoms with Gasteiger partial charge in [-0.15, -0.1) is 6.58 Å². The van der Waals surface area contributed by atoms with Gasteiger partial charge in [0.1, 0.15) is 11.5 Å². The maximum Gasteiger partial charge on any atom is 0.185 e. The summed E-state index contributed by atoms with van der Waals surface area (Å²) in [6.07, 6.45) is 6.47. The molecule has 4 nitrogen and oxygen atoms in total. The Bertz CT molecular complexity index is 618. The first-order valence-corrected chi connectivity index (χ1v) is 8.32. The van der Waals surface area contributed by atoms with Gasteiger partial charge in [-0.25, -0.2) is 0 Å². The highest BCUT2D eigenvalue weighted by atomic mass is 16.6. The maximum atomic E-state index is 12.1. The average Bonchev–Trinajstić information content (AvgIpc) is 2.57. The van der Waals surface area contributed by atoms with E-state index in [9.17, 15) is 4.79 Å². The molecule has 0 saturated carbocycles. The molecule has 0 radical (unpaired) electrons. The summed E-state index contributed by atoms with van der Waals surface area (Å²) in [5.74, 6) is 1.64. The fraction of sp³-hybridized carbons (Fsp3) is 0.450. The van der Waals surface area contributed by atoms with Gasteiger partial charge >= 0.3 is 0 Å². The van der Waals surface area contributed by atoms with Crippen molar-refractivity contribution in [3.05, 3.63) is 53.8 Å². The third-order valence-corrected chi connectivity index (χ3v) is 4.59. The van der Waals surface area contributed by atoms with E-state index in [2.05, 4.69) is 24.8 Å². The van der Waals surface area contributed by atoms with E-state index >= 15 is 0 Å². The third-order valence-electron chi connectivity index (χ3n) is 4.59. The number of methoxy groups -OCH3 is 1.